The summed E-state index contributed by atoms with van der Waals surface area (Å²) >= 11 is 0. The molecule has 0 saturated carbocycles. The van der Waals surface area contributed by atoms with Crippen LogP contribution in [-0.4, -0.2) is 28.8 Å². The molecule has 0 bridgehead atoms. The Bertz CT molecular complexity index is 883. The van der Waals surface area contributed by atoms with Crippen molar-refractivity contribution in [3.8, 4) is 16.9 Å². The van der Waals surface area contributed by atoms with Crippen LogP contribution in [0.4, 0.5) is 0 Å². The van der Waals surface area contributed by atoms with Crippen LogP contribution in [0.1, 0.15) is 18.4 Å². The molecular weight excluding hydrogens is 336 g/mol. The summed E-state index contributed by atoms with van der Waals surface area (Å²) in [7, 11) is 0. The molecule has 2 heterocycles. The second-order valence-corrected chi connectivity index (χ2v) is 6.89. The van der Waals surface area contributed by atoms with E-state index in [0.29, 0.717) is 6.54 Å². The number of carbonyl (C=O) groups is 1. The summed E-state index contributed by atoms with van der Waals surface area (Å²) < 4.78 is 1.88. The van der Waals surface area contributed by atoms with E-state index in [9.17, 15) is 4.79 Å². The van der Waals surface area contributed by atoms with Crippen molar-refractivity contribution in [2.75, 3.05) is 13.1 Å². The zero-order valence-corrected chi connectivity index (χ0v) is 15.3. The minimum absolute atomic E-state index is 0.107. The van der Waals surface area contributed by atoms with Gasteiger partial charge in [-0.25, -0.2) is 4.68 Å². The molecule has 1 saturated heterocycles. The fraction of sp³-hybridized carbons (Fsp3) is 0.273. The smallest absolute Gasteiger partial charge is 0.223 e. The number of nitrogens with zero attached hydrogens (tertiary/aromatic N) is 2. The molecule has 5 heteroatoms. The van der Waals surface area contributed by atoms with Crippen molar-refractivity contribution < 1.29 is 4.79 Å². The summed E-state index contributed by atoms with van der Waals surface area (Å²) in [6.07, 6.45) is 3.82. The molecule has 1 aromatic heterocycles. The number of rotatable bonds is 5. The van der Waals surface area contributed by atoms with Crippen molar-refractivity contribution in [3.05, 3.63) is 72.4 Å². The second-order valence-electron chi connectivity index (χ2n) is 6.89. The standard InChI is InChI=1S/C22H24N4O/c27-22(18-11-13-23-14-12-18)24-15-19-16-26(20-9-5-2-6-10-20)25-21(19)17-7-3-1-4-8-17/h1-10,16,18,23H,11-15H2,(H,24,27). The van der Waals surface area contributed by atoms with Gasteiger partial charge >= 0.3 is 0 Å². The lowest BCUT2D eigenvalue weighted by Gasteiger charge is -2.21. The molecule has 0 aliphatic carbocycles. The third-order valence-electron chi connectivity index (χ3n) is 5.02. The van der Waals surface area contributed by atoms with Gasteiger partial charge in [-0.3, -0.25) is 4.79 Å². The molecular formula is C22H24N4O. The molecule has 2 N–H and O–H groups in total. The third-order valence-corrected chi connectivity index (χ3v) is 5.02. The van der Waals surface area contributed by atoms with Gasteiger partial charge in [-0.15, -0.1) is 0 Å². The monoisotopic (exact) mass is 360 g/mol. The van der Waals surface area contributed by atoms with Gasteiger partial charge in [0.2, 0.25) is 5.91 Å². The highest BCUT2D eigenvalue weighted by molar-refractivity contribution is 5.79. The molecule has 1 aliphatic rings. The fourth-order valence-corrected chi connectivity index (χ4v) is 3.50. The topological polar surface area (TPSA) is 59.0 Å². The number of amides is 1. The van der Waals surface area contributed by atoms with Gasteiger partial charge in [0.1, 0.15) is 0 Å². The van der Waals surface area contributed by atoms with Crippen molar-refractivity contribution in [2.45, 2.75) is 19.4 Å². The number of hydrogen-bond acceptors (Lipinski definition) is 3. The number of hydrogen-bond donors (Lipinski definition) is 2. The lowest BCUT2D eigenvalue weighted by atomic mass is 9.97. The van der Waals surface area contributed by atoms with E-state index in [1.807, 2.05) is 59.4 Å². The second kappa shape index (κ2) is 8.18. The lowest BCUT2D eigenvalue weighted by Crippen LogP contribution is -2.37. The summed E-state index contributed by atoms with van der Waals surface area (Å²) in [6.45, 7) is 2.32. The van der Waals surface area contributed by atoms with E-state index >= 15 is 0 Å². The van der Waals surface area contributed by atoms with Crippen LogP contribution in [0.5, 0.6) is 0 Å². The Hall–Kier alpha value is -2.92. The quantitative estimate of drug-likeness (QED) is 0.735. The SMILES string of the molecule is O=C(NCc1cn(-c2ccccc2)nc1-c1ccccc1)C1CCNCC1. The number of nitrogens with one attached hydrogen (secondary N) is 2. The highest BCUT2D eigenvalue weighted by atomic mass is 16.1. The Balaban J connectivity index is 1.58. The summed E-state index contributed by atoms with van der Waals surface area (Å²) in [5.74, 6) is 0.249. The van der Waals surface area contributed by atoms with Crippen LogP contribution in [0, 0.1) is 5.92 Å². The first-order valence-electron chi connectivity index (χ1n) is 9.49. The van der Waals surface area contributed by atoms with E-state index in [4.69, 9.17) is 5.10 Å². The van der Waals surface area contributed by atoms with Gasteiger partial charge in [0.25, 0.3) is 0 Å². The van der Waals surface area contributed by atoms with E-state index in [-0.39, 0.29) is 11.8 Å². The number of piperidine rings is 1. The number of carbonyl (C=O) groups excluding carboxylic acids is 1. The average molecular weight is 360 g/mol. The summed E-state index contributed by atoms with van der Waals surface area (Å²) in [5, 5.41) is 11.2. The third kappa shape index (κ3) is 4.09. The lowest BCUT2D eigenvalue weighted by molar-refractivity contribution is -0.125. The normalized spacial score (nSPS) is 14.8. The Morgan fingerprint density at radius 1 is 1.04 bits per heavy atom. The summed E-state index contributed by atoms with van der Waals surface area (Å²) in [6, 6.07) is 20.2. The molecule has 5 nitrogen and oxygen atoms in total. The Morgan fingerprint density at radius 2 is 1.70 bits per heavy atom. The maximum absolute atomic E-state index is 12.5. The number of aromatic nitrogens is 2. The van der Waals surface area contributed by atoms with Crippen molar-refractivity contribution in [3.63, 3.8) is 0 Å². The first-order chi connectivity index (χ1) is 13.3. The van der Waals surface area contributed by atoms with E-state index < -0.39 is 0 Å². The number of para-hydroxylation sites is 1. The van der Waals surface area contributed by atoms with Crippen molar-refractivity contribution in [2.24, 2.45) is 5.92 Å². The molecule has 4 rings (SSSR count). The molecule has 0 unspecified atom stereocenters. The highest BCUT2D eigenvalue weighted by Gasteiger charge is 2.21. The zero-order valence-electron chi connectivity index (χ0n) is 15.3. The molecule has 0 spiro atoms. The van der Waals surface area contributed by atoms with Gasteiger partial charge in [-0.1, -0.05) is 48.5 Å². The van der Waals surface area contributed by atoms with E-state index in [2.05, 4.69) is 22.8 Å². The fourth-order valence-electron chi connectivity index (χ4n) is 3.50. The predicted molar refractivity (Wildman–Crippen MR) is 106 cm³/mol. The molecule has 27 heavy (non-hydrogen) atoms. The van der Waals surface area contributed by atoms with Crippen LogP contribution in [0.25, 0.3) is 16.9 Å². The van der Waals surface area contributed by atoms with E-state index in [0.717, 1.165) is 48.4 Å². The first-order valence-corrected chi connectivity index (χ1v) is 9.49. The van der Waals surface area contributed by atoms with Crippen LogP contribution in [-0.2, 0) is 11.3 Å². The van der Waals surface area contributed by atoms with Gasteiger partial charge in [0.15, 0.2) is 0 Å². The van der Waals surface area contributed by atoms with Crippen LogP contribution >= 0.6 is 0 Å². The molecule has 2 aromatic carbocycles. The number of benzene rings is 2. The Kier molecular flexibility index (Phi) is 5.30. The van der Waals surface area contributed by atoms with Gasteiger partial charge < -0.3 is 10.6 Å². The highest BCUT2D eigenvalue weighted by Crippen LogP contribution is 2.24. The molecule has 0 radical (unpaired) electrons. The molecule has 138 valence electrons. The van der Waals surface area contributed by atoms with Crippen LogP contribution in [0.2, 0.25) is 0 Å². The summed E-state index contributed by atoms with van der Waals surface area (Å²) in [5.41, 5.74) is 3.99. The predicted octanol–water partition coefficient (Wildman–Crippen LogP) is 3.16. The molecule has 1 fully saturated rings. The average Bonchev–Trinajstić information content (AvgIpc) is 3.18. The van der Waals surface area contributed by atoms with Gasteiger partial charge in [0, 0.05) is 29.8 Å². The minimum Gasteiger partial charge on any atom is -0.352 e. The van der Waals surface area contributed by atoms with E-state index in [1.54, 1.807) is 0 Å². The molecule has 1 aliphatic heterocycles. The largest absolute Gasteiger partial charge is 0.352 e. The van der Waals surface area contributed by atoms with Crippen molar-refractivity contribution in [1.82, 2.24) is 20.4 Å². The maximum atomic E-state index is 12.5. The van der Waals surface area contributed by atoms with Gasteiger partial charge in [0.05, 0.1) is 11.4 Å². The van der Waals surface area contributed by atoms with Crippen LogP contribution < -0.4 is 10.6 Å². The van der Waals surface area contributed by atoms with Crippen LogP contribution in [0.3, 0.4) is 0 Å². The zero-order chi connectivity index (χ0) is 18.5. The minimum atomic E-state index is 0.107. The molecule has 3 aromatic rings. The Labute approximate surface area is 159 Å². The first kappa shape index (κ1) is 17.5. The van der Waals surface area contributed by atoms with Crippen molar-refractivity contribution in [1.29, 1.82) is 0 Å². The van der Waals surface area contributed by atoms with Crippen LogP contribution in [0.15, 0.2) is 66.9 Å². The van der Waals surface area contributed by atoms with Gasteiger partial charge in [-0.2, -0.15) is 5.10 Å². The summed E-state index contributed by atoms with van der Waals surface area (Å²) in [4.78, 5) is 12.5. The Morgan fingerprint density at radius 3 is 2.41 bits per heavy atom. The maximum Gasteiger partial charge on any atom is 0.223 e. The van der Waals surface area contributed by atoms with Crippen molar-refractivity contribution >= 4 is 5.91 Å². The van der Waals surface area contributed by atoms with E-state index in [1.165, 1.54) is 0 Å². The van der Waals surface area contributed by atoms with Gasteiger partial charge in [-0.05, 0) is 38.1 Å². The molecule has 1 amide bonds. The molecule has 0 atom stereocenters.